The van der Waals surface area contributed by atoms with E-state index in [1.807, 2.05) is 0 Å². The van der Waals surface area contributed by atoms with Gasteiger partial charge in [0.05, 0.1) is 6.54 Å². The highest BCUT2D eigenvalue weighted by Gasteiger charge is 2.42. The van der Waals surface area contributed by atoms with Crippen LogP contribution in [0.1, 0.15) is 37.7 Å². The molecule has 2 atom stereocenters. The zero-order valence-corrected chi connectivity index (χ0v) is 16.9. The minimum absolute atomic E-state index is 0.0199. The van der Waals surface area contributed by atoms with Crippen LogP contribution in [0, 0.1) is 0 Å². The number of rotatable bonds is 3. The number of nitrogens with two attached hydrogens (primary N) is 1. The molecular formula is C19H21ClFN3O5. The van der Waals surface area contributed by atoms with E-state index in [4.69, 9.17) is 26.5 Å². The fourth-order valence-electron chi connectivity index (χ4n) is 3.13. The highest BCUT2D eigenvalue weighted by Crippen LogP contribution is 2.34. The summed E-state index contributed by atoms with van der Waals surface area (Å²) >= 11 is 6.00. The van der Waals surface area contributed by atoms with Gasteiger partial charge in [0.25, 0.3) is 5.91 Å². The molecule has 156 valence electrons. The predicted octanol–water partition coefficient (Wildman–Crippen LogP) is 3.47. The van der Waals surface area contributed by atoms with Gasteiger partial charge in [0, 0.05) is 16.8 Å². The van der Waals surface area contributed by atoms with Crippen LogP contribution in [0.25, 0.3) is 11.0 Å². The molecule has 0 saturated carbocycles. The Kier molecular flexibility index (Phi) is 5.44. The van der Waals surface area contributed by atoms with Crippen LogP contribution in [0.4, 0.5) is 14.9 Å². The molecule has 0 aliphatic carbocycles. The minimum Gasteiger partial charge on any atom is -0.449 e. The number of carbonyl (C=O) groups excluding carboxylic acids is 3. The van der Waals surface area contributed by atoms with Crippen LogP contribution in [-0.2, 0) is 9.53 Å². The summed E-state index contributed by atoms with van der Waals surface area (Å²) in [5.74, 6) is -1.86. The predicted molar refractivity (Wildman–Crippen MR) is 105 cm³/mol. The molecule has 3 N–H and O–H groups in total. The Morgan fingerprint density at radius 1 is 1.34 bits per heavy atom. The summed E-state index contributed by atoms with van der Waals surface area (Å²) in [6.45, 7) is 4.74. The van der Waals surface area contributed by atoms with Gasteiger partial charge in [-0.15, -0.1) is 0 Å². The summed E-state index contributed by atoms with van der Waals surface area (Å²) < 4.78 is 24.7. The van der Waals surface area contributed by atoms with Gasteiger partial charge in [-0.1, -0.05) is 11.6 Å². The number of hydrogen-bond donors (Lipinski definition) is 2. The van der Waals surface area contributed by atoms with Crippen molar-refractivity contribution in [1.29, 1.82) is 0 Å². The van der Waals surface area contributed by atoms with Gasteiger partial charge in [0.15, 0.2) is 0 Å². The lowest BCUT2D eigenvalue weighted by Gasteiger charge is -2.27. The van der Waals surface area contributed by atoms with Crippen LogP contribution in [0.3, 0.4) is 0 Å². The van der Waals surface area contributed by atoms with Gasteiger partial charge >= 0.3 is 6.09 Å². The molecule has 1 aromatic heterocycles. The number of benzene rings is 1. The number of amides is 3. The number of ether oxygens (including phenoxy) is 1. The van der Waals surface area contributed by atoms with Crippen LogP contribution in [0.2, 0.25) is 5.02 Å². The Balaban J connectivity index is 1.91. The Bertz CT molecular complexity index is 984. The van der Waals surface area contributed by atoms with Crippen molar-refractivity contribution in [3.63, 3.8) is 0 Å². The van der Waals surface area contributed by atoms with Crippen LogP contribution in [-0.4, -0.2) is 47.2 Å². The third-order valence-electron chi connectivity index (χ3n) is 4.30. The second kappa shape index (κ2) is 7.55. The number of nitrogens with one attached hydrogen (secondary N) is 1. The van der Waals surface area contributed by atoms with Crippen molar-refractivity contribution < 1.29 is 27.9 Å². The molecule has 0 bridgehead atoms. The Hall–Kier alpha value is -2.81. The maximum Gasteiger partial charge on any atom is 0.411 e. The summed E-state index contributed by atoms with van der Waals surface area (Å²) in [5, 5.41) is 3.26. The van der Waals surface area contributed by atoms with E-state index in [1.54, 1.807) is 26.8 Å². The van der Waals surface area contributed by atoms with Crippen molar-refractivity contribution in [3.8, 4) is 0 Å². The van der Waals surface area contributed by atoms with Crippen molar-refractivity contribution in [2.24, 2.45) is 5.73 Å². The lowest BCUT2D eigenvalue weighted by atomic mass is 10.1. The van der Waals surface area contributed by atoms with E-state index in [0.29, 0.717) is 10.4 Å². The van der Waals surface area contributed by atoms with Crippen LogP contribution in [0.5, 0.6) is 0 Å². The van der Waals surface area contributed by atoms with Crippen LogP contribution < -0.4 is 11.1 Å². The second-order valence-electron chi connectivity index (χ2n) is 7.78. The first-order valence-electron chi connectivity index (χ1n) is 8.92. The first kappa shape index (κ1) is 20.9. The van der Waals surface area contributed by atoms with Gasteiger partial charge in [0.1, 0.15) is 29.1 Å². The zero-order valence-electron chi connectivity index (χ0n) is 16.1. The van der Waals surface area contributed by atoms with Crippen molar-refractivity contribution in [3.05, 3.63) is 29.0 Å². The molecule has 1 saturated heterocycles. The van der Waals surface area contributed by atoms with Crippen molar-refractivity contribution in [2.45, 2.75) is 45.0 Å². The third-order valence-corrected chi connectivity index (χ3v) is 4.54. The van der Waals surface area contributed by atoms with E-state index in [0.717, 1.165) is 4.90 Å². The fourth-order valence-corrected chi connectivity index (χ4v) is 3.30. The summed E-state index contributed by atoms with van der Waals surface area (Å²) in [6.07, 6.45) is -2.38. The molecule has 0 radical (unpaired) electrons. The highest BCUT2D eigenvalue weighted by atomic mass is 35.5. The molecule has 10 heteroatoms. The Morgan fingerprint density at radius 2 is 2.03 bits per heavy atom. The first-order chi connectivity index (χ1) is 13.5. The first-order valence-corrected chi connectivity index (χ1v) is 9.30. The molecule has 1 fully saturated rings. The van der Waals surface area contributed by atoms with Crippen LogP contribution in [0.15, 0.2) is 22.6 Å². The fraction of sp³-hybridized carbons (Fsp3) is 0.421. The monoisotopic (exact) mass is 425 g/mol. The van der Waals surface area contributed by atoms with Crippen molar-refractivity contribution in [2.75, 3.05) is 11.9 Å². The maximum absolute atomic E-state index is 14.0. The number of hydrogen-bond acceptors (Lipinski definition) is 5. The lowest BCUT2D eigenvalue weighted by Crippen LogP contribution is -2.45. The number of furan rings is 1. The van der Waals surface area contributed by atoms with E-state index in [1.165, 1.54) is 12.1 Å². The van der Waals surface area contributed by atoms with E-state index in [9.17, 15) is 18.8 Å². The molecule has 1 aliphatic heterocycles. The Morgan fingerprint density at radius 3 is 2.66 bits per heavy atom. The SMILES string of the molecule is CC(C)(C)OC(=O)N1C[C@@H](F)C[C@H]1C(=O)Nc1c(C(N)=O)oc2ccc(Cl)cc12. The number of anilines is 1. The zero-order chi connectivity index (χ0) is 21.5. The van der Waals surface area contributed by atoms with Gasteiger partial charge in [-0.3, -0.25) is 14.5 Å². The average molecular weight is 426 g/mol. The smallest absolute Gasteiger partial charge is 0.411 e. The molecule has 1 aliphatic rings. The highest BCUT2D eigenvalue weighted by molar-refractivity contribution is 6.31. The summed E-state index contributed by atoms with van der Waals surface area (Å²) in [6, 6.07) is 3.46. The minimum atomic E-state index is -1.38. The molecule has 0 unspecified atom stereocenters. The van der Waals surface area contributed by atoms with Gasteiger partial charge in [-0.25, -0.2) is 9.18 Å². The molecule has 8 nitrogen and oxygen atoms in total. The number of halogens is 2. The lowest BCUT2D eigenvalue weighted by molar-refractivity contribution is -0.120. The van der Waals surface area contributed by atoms with Gasteiger partial charge in [-0.2, -0.15) is 0 Å². The van der Waals surface area contributed by atoms with Crippen molar-refractivity contribution >= 4 is 46.2 Å². The number of carbonyl (C=O) groups is 3. The number of fused-ring (bicyclic) bond motifs is 1. The van der Waals surface area contributed by atoms with E-state index in [2.05, 4.69) is 5.32 Å². The number of likely N-dealkylation sites (tertiary alicyclic amines) is 1. The maximum atomic E-state index is 14.0. The van der Waals surface area contributed by atoms with E-state index in [-0.39, 0.29) is 30.0 Å². The molecular weight excluding hydrogens is 405 g/mol. The summed E-state index contributed by atoms with van der Waals surface area (Å²) in [7, 11) is 0. The molecule has 1 aromatic carbocycles. The summed E-state index contributed by atoms with van der Waals surface area (Å²) in [4.78, 5) is 38.1. The topological polar surface area (TPSA) is 115 Å². The number of nitrogens with zero attached hydrogens (tertiary/aromatic N) is 1. The second-order valence-corrected chi connectivity index (χ2v) is 8.22. The van der Waals surface area contributed by atoms with Gasteiger partial charge in [0.2, 0.25) is 11.7 Å². The molecule has 29 heavy (non-hydrogen) atoms. The molecule has 3 rings (SSSR count). The summed E-state index contributed by atoms with van der Waals surface area (Å²) in [5.41, 5.74) is 4.86. The Labute approximate surface area is 171 Å². The van der Waals surface area contributed by atoms with Gasteiger partial charge in [-0.05, 0) is 39.0 Å². The molecule has 2 aromatic rings. The van der Waals surface area contributed by atoms with E-state index < -0.39 is 35.7 Å². The third kappa shape index (κ3) is 4.45. The standard InChI is InChI=1S/C19H21ClFN3O5/c1-19(2,3)29-18(27)24-8-10(21)7-12(24)17(26)23-14-11-6-9(20)4-5-13(11)28-15(14)16(22)25/h4-6,10,12H,7-8H2,1-3H3,(H2,22,25)(H,23,26)/t10-,12-/m0/s1. The van der Waals surface area contributed by atoms with E-state index >= 15 is 0 Å². The number of alkyl halides is 1. The number of primary amides is 1. The largest absolute Gasteiger partial charge is 0.449 e. The van der Waals surface area contributed by atoms with Gasteiger partial charge < -0.3 is 20.2 Å². The average Bonchev–Trinajstić information content (AvgIpc) is 3.14. The quantitative estimate of drug-likeness (QED) is 0.781. The van der Waals surface area contributed by atoms with Crippen molar-refractivity contribution in [1.82, 2.24) is 4.90 Å². The molecule has 3 amide bonds. The molecule has 2 heterocycles. The van der Waals surface area contributed by atoms with Crippen LogP contribution >= 0.6 is 11.6 Å². The molecule has 0 spiro atoms. The normalized spacial score (nSPS) is 19.4.